The van der Waals surface area contributed by atoms with E-state index in [1.807, 2.05) is 48.8 Å². The highest BCUT2D eigenvalue weighted by Crippen LogP contribution is 2.24. The van der Waals surface area contributed by atoms with E-state index in [0.29, 0.717) is 43.1 Å². The summed E-state index contributed by atoms with van der Waals surface area (Å²) in [5.41, 5.74) is 2.40. The van der Waals surface area contributed by atoms with Crippen LogP contribution in [0.5, 0.6) is 0 Å². The van der Waals surface area contributed by atoms with Gasteiger partial charge in [0.1, 0.15) is 17.1 Å². The number of ketones is 1. The fourth-order valence-electron chi connectivity index (χ4n) is 4.26. The van der Waals surface area contributed by atoms with Crippen molar-refractivity contribution in [3.63, 3.8) is 0 Å². The number of anilines is 1. The molecule has 1 amide bonds. The number of rotatable bonds is 5. The minimum absolute atomic E-state index is 0.0383. The van der Waals surface area contributed by atoms with Crippen LogP contribution >= 0.6 is 0 Å². The molecule has 4 aromatic rings. The lowest BCUT2D eigenvalue weighted by molar-refractivity contribution is 0.0746. The summed E-state index contributed by atoms with van der Waals surface area (Å²) in [5, 5.41) is 4.37. The zero-order valence-electron chi connectivity index (χ0n) is 18.8. The molecule has 0 atom stereocenters. The first-order chi connectivity index (χ1) is 16.5. The summed E-state index contributed by atoms with van der Waals surface area (Å²) < 4.78 is 17.8. The molecule has 0 bridgehead atoms. The number of carbonyl (C=O) groups excluding carboxylic acids is 2. The molecule has 172 valence electrons. The van der Waals surface area contributed by atoms with Gasteiger partial charge in [-0.05, 0) is 55.5 Å². The van der Waals surface area contributed by atoms with E-state index >= 15 is 0 Å². The summed E-state index contributed by atoms with van der Waals surface area (Å²) in [6.45, 7) is 3.99. The molecule has 2 aromatic heterocycles. The highest BCUT2D eigenvalue weighted by Gasteiger charge is 2.28. The summed E-state index contributed by atoms with van der Waals surface area (Å²) in [4.78, 5) is 29.0. The molecule has 5 rings (SSSR count). The standard InChI is InChI=1S/C26H24FN5O2/c1-19(33)20-8-10-21(11-9-20)29-14-16-31(17-15-29)26(34)22-18-28-32(24-7-3-2-6-23(24)27)25(22)30-12-4-5-13-30/h2-13,18H,14-17H2,1H3. The van der Waals surface area contributed by atoms with Crippen LogP contribution in [0.2, 0.25) is 0 Å². The van der Waals surface area contributed by atoms with E-state index < -0.39 is 5.82 Å². The Hall–Kier alpha value is -4.20. The van der Waals surface area contributed by atoms with Crippen molar-refractivity contribution in [2.24, 2.45) is 0 Å². The number of carbonyl (C=O) groups is 2. The van der Waals surface area contributed by atoms with Gasteiger partial charge in [0.25, 0.3) is 5.91 Å². The molecular weight excluding hydrogens is 433 g/mol. The predicted molar refractivity (Wildman–Crippen MR) is 127 cm³/mol. The van der Waals surface area contributed by atoms with Crippen LogP contribution in [0.15, 0.2) is 79.3 Å². The van der Waals surface area contributed by atoms with Gasteiger partial charge in [0, 0.05) is 49.8 Å². The van der Waals surface area contributed by atoms with Crippen molar-refractivity contribution >= 4 is 17.4 Å². The quantitative estimate of drug-likeness (QED) is 0.426. The van der Waals surface area contributed by atoms with Crippen molar-refractivity contribution in [3.05, 3.63) is 96.2 Å². The SMILES string of the molecule is CC(=O)c1ccc(N2CCN(C(=O)c3cnn(-c4ccccc4F)c3-n3cccc3)CC2)cc1. The Morgan fingerprint density at radius 3 is 2.21 bits per heavy atom. The second kappa shape index (κ2) is 8.97. The van der Waals surface area contributed by atoms with Crippen LogP contribution in [0.1, 0.15) is 27.6 Å². The van der Waals surface area contributed by atoms with Crippen LogP contribution in [-0.2, 0) is 0 Å². The van der Waals surface area contributed by atoms with Crippen molar-refractivity contribution in [1.82, 2.24) is 19.2 Å². The molecule has 0 unspecified atom stereocenters. The number of hydrogen-bond acceptors (Lipinski definition) is 4. The third-order valence-corrected chi connectivity index (χ3v) is 6.11. The topological polar surface area (TPSA) is 63.4 Å². The van der Waals surface area contributed by atoms with Gasteiger partial charge < -0.3 is 14.4 Å². The van der Waals surface area contributed by atoms with Gasteiger partial charge >= 0.3 is 0 Å². The third kappa shape index (κ3) is 3.98. The second-order valence-corrected chi connectivity index (χ2v) is 8.22. The highest BCUT2D eigenvalue weighted by atomic mass is 19.1. The van der Waals surface area contributed by atoms with E-state index in [9.17, 15) is 14.0 Å². The Kier molecular flexibility index (Phi) is 5.71. The molecule has 34 heavy (non-hydrogen) atoms. The van der Waals surface area contributed by atoms with E-state index in [0.717, 1.165) is 5.69 Å². The van der Waals surface area contributed by atoms with Gasteiger partial charge in [-0.3, -0.25) is 9.59 Å². The van der Waals surface area contributed by atoms with Crippen LogP contribution in [-0.4, -0.2) is 57.1 Å². The van der Waals surface area contributed by atoms with Gasteiger partial charge in [0.05, 0.1) is 6.20 Å². The van der Waals surface area contributed by atoms with Crippen molar-refractivity contribution in [2.75, 3.05) is 31.1 Å². The van der Waals surface area contributed by atoms with Crippen LogP contribution in [0.4, 0.5) is 10.1 Å². The van der Waals surface area contributed by atoms with E-state index in [2.05, 4.69) is 10.00 Å². The number of halogens is 1. The minimum Gasteiger partial charge on any atom is -0.368 e. The van der Waals surface area contributed by atoms with E-state index in [1.54, 1.807) is 34.6 Å². The van der Waals surface area contributed by atoms with Gasteiger partial charge in [-0.25, -0.2) is 9.07 Å². The number of piperazine rings is 1. The van der Waals surface area contributed by atoms with Crippen molar-refractivity contribution < 1.29 is 14.0 Å². The Morgan fingerprint density at radius 1 is 0.882 bits per heavy atom. The van der Waals surface area contributed by atoms with Gasteiger partial charge in [0.2, 0.25) is 0 Å². The molecule has 7 nitrogen and oxygen atoms in total. The van der Waals surface area contributed by atoms with Crippen molar-refractivity contribution in [3.8, 4) is 11.5 Å². The van der Waals surface area contributed by atoms with Gasteiger partial charge in [-0.15, -0.1) is 0 Å². The van der Waals surface area contributed by atoms with E-state index in [4.69, 9.17) is 0 Å². The lowest BCUT2D eigenvalue weighted by atomic mass is 10.1. The second-order valence-electron chi connectivity index (χ2n) is 8.22. The molecular formula is C26H24FN5O2. The van der Waals surface area contributed by atoms with E-state index in [1.165, 1.54) is 16.9 Å². The summed E-state index contributed by atoms with van der Waals surface area (Å²) in [6.07, 6.45) is 5.14. The average molecular weight is 458 g/mol. The van der Waals surface area contributed by atoms with Crippen molar-refractivity contribution in [1.29, 1.82) is 0 Å². The van der Waals surface area contributed by atoms with Gasteiger partial charge in [-0.2, -0.15) is 5.10 Å². The van der Waals surface area contributed by atoms with Gasteiger partial charge in [-0.1, -0.05) is 12.1 Å². The number of aromatic nitrogens is 3. The molecule has 0 spiro atoms. The lowest BCUT2D eigenvalue weighted by Gasteiger charge is -2.36. The third-order valence-electron chi connectivity index (χ3n) is 6.11. The van der Waals surface area contributed by atoms with E-state index in [-0.39, 0.29) is 17.4 Å². The van der Waals surface area contributed by atoms with Gasteiger partial charge in [0.15, 0.2) is 11.6 Å². The number of amides is 1. The first-order valence-electron chi connectivity index (χ1n) is 11.1. The van der Waals surface area contributed by atoms with Crippen LogP contribution < -0.4 is 4.90 Å². The summed E-state index contributed by atoms with van der Waals surface area (Å²) >= 11 is 0. The zero-order chi connectivity index (χ0) is 23.7. The maximum absolute atomic E-state index is 14.5. The normalized spacial score (nSPS) is 13.8. The Labute approximate surface area is 196 Å². The number of Topliss-reactive ketones (excluding diaryl/α,β-unsaturated/α-hetero) is 1. The number of para-hydroxylation sites is 1. The first-order valence-corrected chi connectivity index (χ1v) is 11.1. The lowest BCUT2D eigenvalue weighted by Crippen LogP contribution is -2.49. The Morgan fingerprint density at radius 2 is 1.56 bits per heavy atom. The molecule has 3 heterocycles. The molecule has 0 aliphatic carbocycles. The summed E-state index contributed by atoms with van der Waals surface area (Å²) in [5.74, 6) is -0.0148. The molecule has 0 saturated carbocycles. The maximum Gasteiger partial charge on any atom is 0.259 e. The summed E-state index contributed by atoms with van der Waals surface area (Å²) in [7, 11) is 0. The zero-order valence-corrected chi connectivity index (χ0v) is 18.8. The van der Waals surface area contributed by atoms with Crippen LogP contribution in [0.3, 0.4) is 0 Å². The predicted octanol–water partition coefficient (Wildman–Crippen LogP) is 3.97. The molecule has 1 aliphatic rings. The molecule has 1 saturated heterocycles. The largest absolute Gasteiger partial charge is 0.368 e. The monoisotopic (exact) mass is 457 g/mol. The smallest absolute Gasteiger partial charge is 0.259 e. The minimum atomic E-state index is -0.414. The number of nitrogens with zero attached hydrogens (tertiary/aromatic N) is 5. The summed E-state index contributed by atoms with van der Waals surface area (Å²) in [6, 6.07) is 17.6. The number of benzene rings is 2. The van der Waals surface area contributed by atoms with Crippen molar-refractivity contribution in [2.45, 2.75) is 6.92 Å². The average Bonchev–Trinajstić information content (AvgIpc) is 3.54. The molecule has 1 aliphatic heterocycles. The number of hydrogen-bond donors (Lipinski definition) is 0. The molecule has 1 fully saturated rings. The maximum atomic E-state index is 14.5. The fraction of sp³-hybridized carbons (Fsp3) is 0.192. The van der Waals surface area contributed by atoms with Crippen LogP contribution in [0, 0.1) is 5.82 Å². The fourth-order valence-corrected chi connectivity index (χ4v) is 4.26. The molecule has 8 heteroatoms. The molecule has 2 aromatic carbocycles. The highest BCUT2D eigenvalue weighted by molar-refractivity contribution is 5.97. The Bertz CT molecular complexity index is 1320. The van der Waals surface area contributed by atoms with Crippen LogP contribution in [0.25, 0.3) is 11.5 Å². The molecule has 0 radical (unpaired) electrons. The Balaban J connectivity index is 1.38. The molecule has 0 N–H and O–H groups in total. The first kappa shape index (κ1) is 21.6.